The number of carbonyl (C=O) groups is 2. The Labute approximate surface area is 255 Å². The van der Waals surface area contributed by atoms with Crippen LogP contribution in [0.1, 0.15) is 42.9 Å². The molecule has 232 valence electrons. The summed E-state index contributed by atoms with van der Waals surface area (Å²) in [5.74, 6) is -2.40. The van der Waals surface area contributed by atoms with Crippen molar-refractivity contribution >= 4 is 23.6 Å². The first-order valence-electron chi connectivity index (χ1n) is 14.0. The smallest absolute Gasteiger partial charge is 0.397 e. The van der Waals surface area contributed by atoms with Crippen LogP contribution in [0.25, 0.3) is 0 Å². The lowest BCUT2D eigenvalue weighted by molar-refractivity contribution is -0.165. The minimum Gasteiger partial charge on any atom is -0.497 e. The molecular formula is C33H39F3N2O4S. The zero-order valence-corrected chi connectivity index (χ0v) is 25.9. The number of alkyl halides is 3. The van der Waals surface area contributed by atoms with E-state index >= 15 is 13.2 Å². The molecule has 0 radical (unpaired) electrons. The summed E-state index contributed by atoms with van der Waals surface area (Å²) < 4.78 is 54.1. The maximum Gasteiger partial charge on any atom is 0.397 e. The van der Waals surface area contributed by atoms with Crippen molar-refractivity contribution in [1.82, 2.24) is 10.6 Å². The van der Waals surface area contributed by atoms with E-state index in [1.165, 1.54) is 45.5 Å². The standard InChI is InChI=1S/C33H39F3N2O4S/c1-22(2)20-32(43-21-24-13-17-27(42-5)18-14-24,29(33(34,35)36)25-9-7-6-8-10-25)31(40)38-28(30(39)37-3)19-23-11-15-26(41-4)16-12-23/h6-18,22,28-29H,19-21H2,1-5H3,(H,37,39)(H,38,40)/t28-,29?,32?/m0/s1. The SMILES string of the molecule is CNC(=O)[C@H](Cc1ccc(OC)cc1)NC(=O)C(CC(C)C)(SCc1ccc(OC)cc1)C(c1ccccc1)C(F)(F)F. The summed E-state index contributed by atoms with van der Waals surface area (Å²) in [4.78, 5) is 27.5. The number of benzene rings is 3. The first-order chi connectivity index (χ1) is 20.4. The Bertz CT molecular complexity index is 1320. The lowest BCUT2D eigenvalue weighted by Crippen LogP contribution is -2.58. The van der Waals surface area contributed by atoms with Crippen LogP contribution in [-0.4, -0.2) is 50.0 Å². The molecule has 0 aliphatic rings. The van der Waals surface area contributed by atoms with Gasteiger partial charge in [-0.05, 0) is 53.3 Å². The van der Waals surface area contributed by atoms with Gasteiger partial charge in [-0.2, -0.15) is 13.2 Å². The first kappa shape index (κ1) is 33.8. The summed E-state index contributed by atoms with van der Waals surface area (Å²) >= 11 is 0.953. The molecule has 3 rings (SSSR count). The van der Waals surface area contributed by atoms with E-state index in [1.54, 1.807) is 68.4 Å². The summed E-state index contributed by atoms with van der Waals surface area (Å²) in [6.07, 6.45) is -4.76. The van der Waals surface area contributed by atoms with E-state index in [9.17, 15) is 9.59 Å². The molecule has 10 heteroatoms. The van der Waals surface area contributed by atoms with Gasteiger partial charge >= 0.3 is 6.18 Å². The Hall–Kier alpha value is -3.66. The van der Waals surface area contributed by atoms with Gasteiger partial charge in [-0.25, -0.2) is 0 Å². The van der Waals surface area contributed by atoms with Gasteiger partial charge in [0, 0.05) is 19.2 Å². The average molecular weight is 617 g/mol. The number of carbonyl (C=O) groups excluding carboxylic acids is 2. The van der Waals surface area contributed by atoms with E-state index in [-0.39, 0.29) is 30.1 Å². The molecule has 0 saturated carbocycles. The Kier molecular flexibility index (Phi) is 11.9. The van der Waals surface area contributed by atoms with Crippen LogP contribution in [0, 0.1) is 5.92 Å². The fourth-order valence-corrected chi connectivity index (χ4v) is 6.81. The predicted octanol–water partition coefficient (Wildman–Crippen LogP) is 6.54. The molecule has 0 saturated heterocycles. The highest BCUT2D eigenvalue weighted by Crippen LogP contribution is 2.53. The topological polar surface area (TPSA) is 76.7 Å². The highest BCUT2D eigenvalue weighted by molar-refractivity contribution is 8.00. The summed E-state index contributed by atoms with van der Waals surface area (Å²) in [6, 6.07) is 20.4. The number of rotatable bonds is 14. The van der Waals surface area contributed by atoms with Gasteiger partial charge in [0.05, 0.1) is 14.2 Å². The van der Waals surface area contributed by atoms with Crippen molar-refractivity contribution in [3.05, 3.63) is 95.6 Å². The third kappa shape index (κ3) is 8.92. The quantitative estimate of drug-likeness (QED) is 0.215. The normalized spacial score (nSPS) is 14.3. The van der Waals surface area contributed by atoms with Crippen molar-refractivity contribution in [2.45, 2.75) is 55.3 Å². The van der Waals surface area contributed by atoms with Crippen molar-refractivity contribution < 1.29 is 32.2 Å². The van der Waals surface area contributed by atoms with Gasteiger partial charge in [-0.3, -0.25) is 9.59 Å². The molecule has 3 aromatic rings. The van der Waals surface area contributed by atoms with E-state index < -0.39 is 34.7 Å². The maximum absolute atomic E-state index is 15.2. The van der Waals surface area contributed by atoms with Gasteiger partial charge in [-0.15, -0.1) is 11.8 Å². The first-order valence-corrected chi connectivity index (χ1v) is 15.0. The number of amides is 2. The Morgan fingerprint density at radius 2 is 1.37 bits per heavy atom. The highest BCUT2D eigenvalue weighted by Gasteiger charge is 2.59. The van der Waals surface area contributed by atoms with Crippen molar-refractivity contribution in [2.24, 2.45) is 5.92 Å². The van der Waals surface area contributed by atoms with Gasteiger partial charge in [0.2, 0.25) is 11.8 Å². The van der Waals surface area contributed by atoms with Crippen LogP contribution < -0.4 is 20.1 Å². The van der Waals surface area contributed by atoms with E-state index in [4.69, 9.17) is 9.47 Å². The van der Waals surface area contributed by atoms with Crippen LogP contribution in [0.3, 0.4) is 0 Å². The third-order valence-electron chi connectivity index (χ3n) is 7.14. The van der Waals surface area contributed by atoms with Crippen LogP contribution in [0.2, 0.25) is 0 Å². The third-order valence-corrected chi connectivity index (χ3v) is 8.73. The summed E-state index contributed by atoms with van der Waals surface area (Å²) in [6.45, 7) is 3.59. The lowest BCUT2D eigenvalue weighted by Gasteiger charge is -2.42. The molecular weight excluding hydrogens is 577 g/mol. The number of ether oxygens (including phenoxy) is 2. The van der Waals surface area contributed by atoms with Gasteiger partial charge in [-0.1, -0.05) is 68.4 Å². The van der Waals surface area contributed by atoms with E-state index in [2.05, 4.69) is 10.6 Å². The Balaban J connectivity index is 2.11. The van der Waals surface area contributed by atoms with E-state index in [0.717, 1.165) is 17.3 Å². The molecule has 0 aliphatic carbocycles. The number of hydrogen-bond acceptors (Lipinski definition) is 5. The van der Waals surface area contributed by atoms with Gasteiger partial charge in [0.25, 0.3) is 0 Å². The fourth-order valence-electron chi connectivity index (χ4n) is 5.12. The molecule has 2 N–H and O–H groups in total. The monoisotopic (exact) mass is 616 g/mol. The molecule has 3 aromatic carbocycles. The second-order valence-electron chi connectivity index (χ2n) is 10.7. The minimum atomic E-state index is -4.76. The Morgan fingerprint density at radius 1 is 0.837 bits per heavy atom. The molecule has 0 aromatic heterocycles. The molecule has 0 spiro atoms. The van der Waals surface area contributed by atoms with Crippen molar-refractivity contribution in [3.8, 4) is 11.5 Å². The maximum atomic E-state index is 15.2. The van der Waals surface area contributed by atoms with Gasteiger partial charge in [0.15, 0.2) is 0 Å². The molecule has 0 aliphatic heterocycles. The van der Waals surface area contributed by atoms with Crippen molar-refractivity contribution in [3.63, 3.8) is 0 Å². The minimum absolute atomic E-state index is 0.0142. The number of likely N-dealkylation sites (N-methyl/N-ethyl adjacent to an activating group) is 1. The molecule has 43 heavy (non-hydrogen) atoms. The van der Waals surface area contributed by atoms with Gasteiger partial charge in [0.1, 0.15) is 28.2 Å². The summed E-state index contributed by atoms with van der Waals surface area (Å²) in [5, 5.41) is 5.29. The lowest BCUT2D eigenvalue weighted by atomic mass is 9.78. The molecule has 6 nitrogen and oxygen atoms in total. The van der Waals surface area contributed by atoms with Crippen LogP contribution >= 0.6 is 11.8 Å². The number of nitrogens with one attached hydrogen (secondary N) is 2. The summed E-state index contributed by atoms with van der Waals surface area (Å²) in [7, 11) is 4.49. The van der Waals surface area contributed by atoms with Crippen LogP contribution in [0.4, 0.5) is 13.2 Å². The van der Waals surface area contributed by atoms with E-state index in [0.29, 0.717) is 17.1 Å². The van der Waals surface area contributed by atoms with Crippen LogP contribution in [-0.2, 0) is 21.8 Å². The number of halogens is 3. The zero-order chi connectivity index (χ0) is 31.6. The molecule has 0 bridgehead atoms. The van der Waals surface area contributed by atoms with Crippen molar-refractivity contribution in [2.75, 3.05) is 21.3 Å². The number of thioether (sulfide) groups is 1. The molecule has 0 heterocycles. The summed E-state index contributed by atoms with van der Waals surface area (Å²) in [5.41, 5.74) is 1.44. The fraction of sp³-hybridized carbons (Fsp3) is 0.394. The average Bonchev–Trinajstić information content (AvgIpc) is 2.99. The van der Waals surface area contributed by atoms with Crippen molar-refractivity contribution in [1.29, 1.82) is 0 Å². The van der Waals surface area contributed by atoms with Gasteiger partial charge < -0.3 is 20.1 Å². The van der Waals surface area contributed by atoms with Crippen LogP contribution in [0.5, 0.6) is 11.5 Å². The Morgan fingerprint density at radius 3 is 1.84 bits per heavy atom. The molecule has 2 amide bonds. The number of methoxy groups -OCH3 is 2. The predicted molar refractivity (Wildman–Crippen MR) is 164 cm³/mol. The van der Waals surface area contributed by atoms with Crippen LogP contribution in [0.15, 0.2) is 78.9 Å². The molecule has 0 fully saturated rings. The molecule has 3 atom stereocenters. The zero-order valence-electron chi connectivity index (χ0n) is 25.0. The second-order valence-corrected chi connectivity index (χ2v) is 12.0. The highest BCUT2D eigenvalue weighted by atomic mass is 32.2. The molecule has 2 unspecified atom stereocenters. The largest absolute Gasteiger partial charge is 0.497 e. The second kappa shape index (κ2) is 15.2. The van der Waals surface area contributed by atoms with E-state index in [1.807, 2.05) is 0 Å². The number of hydrogen-bond donors (Lipinski definition) is 2.